The van der Waals surface area contributed by atoms with Gasteiger partial charge in [0.1, 0.15) is 0 Å². The van der Waals surface area contributed by atoms with Crippen molar-refractivity contribution in [1.82, 2.24) is 4.90 Å². The number of benzene rings is 1. The summed E-state index contributed by atoms with van der Waals surface area (Å²) in [6.45, 7) is 6.95. The number of hydrogen-bond donors (Lipinski definition) is 0. The van der Waals surface area contributed by atoms with Crippen molar-refractivity contribution in [3.63, 3.8) is 0 Å². The molecule has 1 aliphatic carbocycles. The third-order valence-corrected chi connectivity index (χ3v) is 5.44. The van der Waals surface area contributed by atoms with Gasteiger partial charge < -0.3 is 0 Å². The van der Waals surface area contributed by atoms with E-state index in [1.165, 1.54) is 37.7 Å². The Balaban J connectivity index is 1.63. The molecule has 2 atom stereocenters. The van der Waals surface area contributed by atoms with Crippen molar-refractivity contribution in [3.8, 4) is 0 Å². The van der Waals surface area contributed by atoms with E-state index < -0.39 is 0 Å². The summed E-state index contributed by atoms with van der Waals surface area (Å²) >= 11 is 0. The molecular weight excluding hydrogens is 258 g/mol. The molecule has 21 heavy (non-hydrogen) atoms. The molecule has 1 saturated heterocycles. The summed E-state index contributed by atoms with van der Waals surface area (Å²) in [6.07, 6.45) is 6.90. The predicted molar refractivity (Wildman–Crippen MR) is 86.8 cm³/mol. The van der Waals surface area contributed by atoms with Gasteiger partial charge in [0.2, 0.25) is 0 Å². The zero-order chi connectivity index (χ0) is 14.8. The quantitative estimate of drug-likeness (QED) is 0.782. The van der Waals surface area contributed by atoms with Crippen molar-refractivity contribution in [2.24, 2.45) is 11.8 Å². The topological polar surface area (TPSA) is 20.3 Å². The number of fused-ring (bicyclic) bond motifs is 1. The molecule has 1 heterocycles. The summed E-state index contributed by atoms with van der Waals surface area (Å²) in [6, 6.07) is 6.20. The summed E-state index contributed by atoms with van der Waals surface area (Å²) in [7, 11) is 0. The summed E-state index contributed by atoms with van der Waals surface area (Å²) in [5, 5.41) is 0. The van der Waals surface area contributed by atoms with E-state index in [0.29, 0.717) is 12.3 Å². The molecule has 1 aromatic carbocycles. The van der Waals surface area contributed by atoms with Gasteiger partial charge in [-0.2, -0.15) is 0 Å². The maximum Gasteiger partial charge on any atom is 0.177 e. The number of ketones is 1. The average molecular weight is 285 g/mol. The third-order valence-electron chi connectivity index (χ3n) is 5.44. The summed E-state index contributed by atoms with van der Waals surface area (Å²) in [5.41, 5.74) is 3.20. The fourth-order valence-corrected chi connectivity index (χ4v) is 4.14. The van der Waals surface area contributed by atoms with Gasteiger partial charge in [-0.3, -0.25) is 9.69 Å². The van der Waals surface area contributed by atoms with Crippen LogP contribution < -0.4 is 0 Å². The molecule has 2 heteroatoms. The molecule has 0 amide bonds. The van der Waals surface area contributed by atoms with Crippen molar-refractivity contribution in [2.75, 3.05) is 19.6 Å². The van der Waals surface area contributed by atoms with Gasteiger partial charge in [-0.15, -0.1) is 0 Å². The highest BCUT2D eigenvalue weighted by atomic mass is 16.1. The van der Waals surface area contributed by atoms with Crippen LogP contribution in [0.5, 0.6) is 0 Å². The molecule has 114 valence electrons. The highest BCUT2D eigenvalue weighted by Gasteiger charge is 2.31. The lowest BCUT2D eigenvalue weighted by Gasteiger charge is -2.41. The Kier molecular flexibility index (Phi) is 4.44. The van der Waals surface area contributed by atoms with Crippen molar-refractivity contribution in [1.29, 1.82) is 0 Å². The zero-order valence-corrected chi connectivity index (χ0v) is 13.4. The normalized spacial score (nSPS) is 26.4. The Morgan fingerprint density at radius 1 is 1.14 bits per heavy atom. The van der Waals surface area contributed by atoms with Gasteiger partial charge in [0.05, 0.1) is 6.54 Å². The lowest BCUT2D eigenvalue weighted by atomic mass is 9.75. The molecule has 0 radical (unpaired) electrons. The minimum Gasteiger partial charge on any atom is -0.296 e. The van der Waals surface area contributed by atoms with Crippen LogP contribution in [0.25, 0.3) is 0 Å². The maximum absolute atomic E-state index is 12.6. The fraction of sp³-hybridized carbons (Fsp3) is 0.632. The monoisotopic (exact) mass is 285 g/mol. The van der Waals surface area contributed by atoms with Gasteiger partial charge in [-0.1, -0.05) is 37.0 Å². The Morgan fingerprint density at radius 3 is 2.71 bits per heavy atom. The smallest absolute Gasteiger partial charge is 0.177 e. The lowest BCUT2D eigenvalue weighted by molar-refractivity contribution is 0.0712. The first kappa shape index (κ1) is 14.8. The fourth-order valence-electron chi connectivity index (χ4n) is 4.14. The second-order valence-electron chi connectivity index (χ2n) is 7.07. The summed E-state index contributed by atoms with van der Waals surface area (Å²) < 4.78 is 0. The average Bonchev–Trinajstić information content (AvgIpc) is 2.49. The summed E-state index contributed by atoms with van der Waals surface area (Å²) in [4.78, 5) is 15.0. The van der Waals surface area contributed by atoms with Crippen LogP contribution in [0.15, 0.2) is 18.2 Å². The molecule has 2 nitrogen and oxygen atoms in total. The Hall–Kier alpha value is -1.15. The van der Waals surface area contributed by atoms with Crippen molar-refractivity contribution in [2.45, 2.75) is 46.0 Å². The molecule has 0 bridgehead atoms. The molecule has 0 N–H and O–H groups in total. The van der Waals surface area contributed by atoms with Crippen LogP contribution >= 0.6 is 0 Å². The van der Waals surface area contributed by atoms with Gasteiger partial charge in [0.15, 0.2) is 5.78 Å². The number of nitrogens with zero attached hydrogens (tertiary/aromatic N) is 1. The highest BCUT2D eigenvalue weighted by molar-refractivity contribution is 5.99. The van der Waals surface area contributed by atoms with Crippen LogP contribution in [0.1, 0.15) is 53.6 Å². The van der Waals surface area contributed by atoms with Gasteiger partial charge in [-0.05, 0) is 56.7 Å². The first-order valence-corrected chi connectivity index (χ1v) is 8.46. The number of piperidine rings is 1. The van der Waals surface area contributed by atoms with E-state index in [1.807, 2.05) is 13.0 Å². The molecule has 0 aromatic heterocycles. The van der Waals surface area contributed by atoms with Gasteiger partial charge in [0, 0.05) is 12.1 Å². The predicted octanol–water partition coefficient (Wildman–Crippen LogP) is 4.00. The zero-order valence-electron chi connectivity index (χ0n) is 13.4. The second kappa shape index (κ2) is 6.31. The van der Waals surface area contributed by atoms with Crippen LogP contribution in [0.4, 0.5) is 0 Å². The molecule has 3 rings (SSSR count). The van der Waals surface area contributed by atoms with E-state index in [9.17, 15) is 4.79 Å². The molecule has 1 aromatic rings. The van der Waals surface area contributed by atoms with Crippen molar-refractivity contribution in [3.05, 3.63) is 34.9 Å². The third kappa shape index (κ3) is 3.37. The van der Waals surface area contributed by atoms with Gasteiger partial charge in [0.25, 0.3) is 0 Å². The number of carbonyl (C=O) groups is 1. The highest BCUT2D eigenvalue weighted by Crippen LogP contribution is 2.36. The summed E-state index contributed by atoms with van der Waals surface area (Å²) in [5.74, 6) is 2.08. The van der Waals surface area contributed by atoms with Crippen LogP contribution in [-0.4, -0.2) is 30.3 Å². The maximum atomic E-state index is 12.6. The molecule has 1 aliphatic heterocycles. The van der Waals surface area contributed by atoms with Gasteiger partial charge in [-0.25, -0.2) is 0 Å². The van der Waals surface area contributed by atoms with Crippen LogP contribution in [0.2, 0.25) is 0 Å². The van der Waals surface area contributed by atoms with E-state index in [-0.39, 0.29) is 0 Å². The standard InChI is InChI=1S/C19H27NO/c1-14-7-8-15(2)18(11-14)19(21)13-20-10-9-16-5-3-4-6-17(16)12-20/h7-8,11,16-17H,3-6,9-10,12-13H2,1-2H3. The van der Waals surface area contributed by atoms with E-state index in [0.717, 1.165) is 36.1 Å². The molecule has 2 aliphatic rings. The molecule has 2 unspecified atom stereocenters. The minimum absolute atomic E-state index is 0.297. The van der Waals surface area contributed by atoms with E-state index in [1.54, 1.807) is 0 Å². The number of carbonyl (C=O) groups excluding carboxylic acids is 1. The van der Waals surface area contributed by atoms with Crippen LogP contribution in [0, 0.1) is 25.7 Å². The first-order chi connectivity index (χ1) is 10.1. The van der Waals surface area contributed by atoms with Crippen molar-refractivity contribution >= 4 is 5.78 Å². The number of aryl methyl sites for hydroxylation is 2. The van der Waals surface area contributed by atoms with E-state index in [4.69, 9.17) is 0 Å². The SMILES string of the molecule is Cc1ccc(C)c(C(=O)CN2CCC3CCCCC3C2)c1. The van der Waals surface area contributed by atoms with E-state index >= 15 is 0 Å². The Bertz CT molecular complexity index is 522. The number of likely N-dealkylation sites (tertiary alicyclic amines) is 1. The number of rotatable bonds is 3. The molecule has 1 saturated carbocycles. The number of Topliss-reactive ketones (excluding diaryl/α,β-unsaturated/α-hetero) is 1. The van der Waals surface area contributed by atoms with E-state index in [2.05, 4.69) is 24.0 Å². The van der Waals surface area contributed by atoms with Crippen LogP contribution in [0.3, 0.4) is 0 Å². The Morgan fingerprint density at radius 2 is 1.90 bits per heavy atom. The second-order valence-corrected chi connectivity index (χ2v) is 7.07. The molecular formula is C19H27NO. The van der Waals surface area contributed by atoms with Crippen LogP contribution in [-0.2, 0) is 0 Å². The minimum atomic E-state index is 0.297. The number of hydrogen-bond acceptors (Lipinski definition) is 2. The first-order valence-electron chi connectivity index (χ1n) is 8.46. The molecule has 0 spiro atoms. The van der Waals surface area contributed by atoms with Gasteiger partial charge >= 0.3 is 0 Å². The lowest BCUT2D eigenvalue weighted by Crippen LogP contribution is -2.43. The van der Waals surface area contributed by atoms with Crippen molar-refractivity contribution < 1.29 is 4.79 Å². The Labute approximate surface area is 128 Å². The largest absolute Gasteiger partial charge is 0.296 e. The molecule has 2 fully saturated rings.